The lowest BCUT2D eigenvalue weighted by Crippen LogP contribution is -2.55. The van der Waals surface area contributed by atoms with Gasteiger partial charge in [-0.3, -0.25) is 0 Å². The summed E-state index contributed by atoms with van der Waals surface area (Å²) < 4.78 is 0. The fraction of sp³-hybridized carbons (Fsp3) is 0.357. The highest BCUT2D eigenvalue weighted by Gasteiger charge is 2.58. The van der Waals surface area contributed by atoms with Crippen molar-refractivity contribution in [3.8, 4) is 22.3 Å². The fourth-order valence-electron chi connectivity index (χ4n) is 7.09. The Bertz CT molecular complexity index is 1110. The van der Waals surface area contributed by atoms with Gasteiger partial charge in [0.05, 0.1) is 5.60 Å². The lowest BCUT2D eigenvalue weighted by Gasteiger charge is -2.59. The third-order valence-electron chi connectivity index (χ3n) is 8.15. The molecule has 31 heavy (non-hydrogen) atoms. The molecule has 4 aliphatic rings. The van der Waals surface area contributed by atoms with Gasteiger partial charge in [0.15, 0.2) is 0 Å². The Labute approximate surface area is 194 Å². The summed E-state index contributed by atoms with van der Waals surface area (Å²) in [4.78, 5) is 0. The number of halogens is 2. The van der Waals surface area contributed by atoms with Gasteiger partial charge in [0.25, 0.3) is 0 Å². The first-order valence-corrected chi connectivity index (χ1v) is 12.2. The first-order chi connectivity index (χ1) is 15.0. The van der Waals surface area contributed by atoms with Crippen molar-refractivity contribution in [1.82, 2.24) is 0 Å². The van der Waals surface area contributed by atoms with Crippen molar-refractivity contribution >= 4 is 23.2 Å². The molecule has 1 nitrogen and oxygen atoms in total. The number of hydrogen-bond donors (Lipinski definition) is 1. The number of aliphatic hydroxyl groups is 1. The van der Waals surface area contributed by atoms with Crippen LogP contribution < -0.4 is 0 Å². The summed E-state index contributed by atoms with van der Waals surface area (Å²) in [6.07, 6.45) is 5.92. The van der Waals surface area contributed by atoms with Gasteiger partial charge in [-0.1, -0.05) is 77.8 Å². The van der Waals surface area contributed by atoms with E-state index in [1.807, 2.05) is 18.2 Å². The predicted molar refractivity (Wildman–Crippen MR) is 128 cm³/mol. The molecule has 3 aromatic carbocycles. The minimum Gasteiger partial charge on any atom is -0.385 e. The summed E-state index contributed by atoms with van der Waals surface area (Å²) in [6, 6.07) is 22.5. The normalized spacial score (nSPS) is 31.2. The van der Waals surface area contributed by atoms with Crippen molar-refractivity contribution in [3.63, 3.8) is 0 Å². The molecule has 7 rings (SSSR count). The highest BCUT2D eigenvalue weighted by Crippen LogP contribution is 2.63. The van der Waals surface area contributed by atoms with E-state index in [0.29, 0.717) is 21.9 Å². The van der Waals surface area contributed by atoms with Crippen LogP contribution >= 0.6 is 23.2 Å². The summed E-state index contributed by atoms with van der Waals surface area (Å²) >= 11 is 12.9. The van der Waals surface area contributed by atoms with Crippen molar-refractivity contribution in [2.45, 2.75) is 37.7 Å². The summed E-state index contributed by atoms with van der Waals surface area (Å²) in [5, 5.41) is 13.9. The Morgan fingerprint density at radius 1 is 0.677 bits per heavy atom. The molecule has 0 amide bonds. The third-order valence-corrected chi connectivity index (χ3v) is 8.70. The van der Waals surface area contributed by atoms with E-state index in [1.165, 1.54) is 6.42 Å². The van der Waals surface area contributed by atoms with Gasteiger partial charge in [-0.15, -0.1) is 0 Å². The van der Waals surface area contributed by atoms with Gasteiger partial charge < -0.3 is 5.11 Å². The molecular formula is C28H26Cl2O. The summed E-state index contributed by atoms with van der Waals surface area (Å²) in [5.41, 5.74) is 4.50. The van der Waals surface area contributed by atoms with Crippen LogP contribution in [-0.2, 0) is 5.60 Å². The van der Waals surface area contributed by atoms with Crippen molar-refractivity contribution < 1.29 is 5.11 Å². The van der Waals surface area contributed by atoms with Crippen LogP contribution in [0.3, 0.4) is 0 Å². The van der Waals surface area contributed by atoms with Crippen LogP contribution in [0.15, 0.2) is 66.7 Å². The topological polar surface area (TPSA) is 20.2 Å². The van der Waals surface area contributed by atoms with Gasteiger partial charge in [0, 0.05) is 15.6 Å². The van der Waals surface area contributed by atoms with Crippen LogP contribution in [0.25, 0.3) is 22.3 Å². The Morgan fingerprint density at radius 2 is 1.32 bits per heavy atom. The van der Waals surface area contributed by atoms with E-state index >= 15 is 0 Å². The van der Waals surface area contributed by atoms with Crippen LogP contribution in [0.1, 0.15) is 37.7 Å². The molecule has 4 aliphatic carbocycles. The van der Waals surface area contributed by atoms with E-state index in [1.54, 1.807) is 6.07 Å². The van der Waals surface area contributed by atoms with Crippen LogP contribution in [0.4, 0.5) is 0 Å². The zero-order valence-electron chi connectivity index (χ0n) is 17.4. The minimum atomic E-state index is -0.821. The molecule has 4 fully saturated rings. The summed E-state index contributed by atoms with van der Waals surface area (Å²) in [5.74, 6) is 2.21. The van der Waals surface area contributed by atoms with E-state index in [4.69, 9.17) is 23.2 Å². The van der Waals surface area contributed by atoms with Gasteiger partial charge >= 0.3 is 0 Å². The molecule has 4 saturated carbocycles. The molecule has 158 valence electrons. The fourth-order valence-corrected chi connectivity index (χ4v) is 7.60. The molecule has 0 radical (unpaired) electrons. The van der Waals surface area contributed by atoms with Gasteiger partial charge in [-0.2, -0.15) is 0 Å². The molecule has 0 unspecified atom stereocenters. The molecule has 0 spiro atoms. The molecule has 0 atom stereocenters. The smallest absolute Gasteiger partial charge is 0.0964 e. The minimum absolute atomic E-state index is 0.318. The number of hydrogen-bond acceptors (Lipinski definition) is 1. The SMILES string of the molecule is OC1(c2c(-c3ccccc3)cccc2-c2ccc(Cl)cc2Cl)C2CC3CC(C2)CC1C3. The second-order valence-corrected chi connectivity index (χ2v) is 10.7. The highest BCUT2D eigenvalue weighted by molar-refractivity contribution is 6.36. The molecule has 0 aromatic heterocycles. The van der Waals surface area contributed by atoms with Crippen LogP contribution in [0.5, 0.6) is 0 Å². The third kappa shape index (κ3) is 3.09. The molecular weight excluding hydrogens is 423 g/mol. The summed E-state index contributed by atoms with van der Waals surface area (Å²) in [7, 11) is 0. The first-order valence-electron chi connectivity index (χ1n) is 11.4. The van der Waals surface area contributed by atoms with E-state index in [2.05, 4.69) is 42.5 Å². The predicted octanol–water partition coefficient (Wildman–Crippen LogP) is 7.97. The Kier molecular flexibility index (Phi) is 4.72. The second-order valence-electron chi connectivity index (χ2n) is 9.85. The van der Waals surface area contributed by atoms with Gasteiger partial charge in [0.2, 0.25) is 0 Å². The standard InChI is InChI=1S/C28H26Cl2O/c29-22-9-10-24(26(30)16-22)25-8-4-7-23(19-5-2-1-3-6-19)27(25)28(31)20-12-17-11-18(14-20)15-21(28)13-17/h1-10,16-18,20-21,31H,11-15H2. The maximum Gasteiger partial charge on any atom is 0.0964 e. The van der Waals surface area contributed by atoms with Gasteiger partial charge in [-0.25, -0.2) is 0 Å². The lowest BCUT2D eigenvalue weighted by atomic mass is 9.47. The molecule has 0 aliphatic heterocycles. The monoisotopic (exact) mass is 448 g/mol. The Morgan fingerprint density at radius 3 is 1.97 bits per heavy atom. The Balaban J connectivity index is 1.62. The highest BCUT2D eigenvalue weighted by atomic mass is 35.5. The average Bonchev–Trinajstić information content (AvgIpc) is 2.77. The molecule has 0 heterocycles. The largest absolute Gasteiger partial charge is 0.385 e. The van der Waals surface area contributed by atoms with Crippen molar-refractivity contribution in [2.24, 2.45) is 23.7 Å². The second kappa shape index (κ2) is 7.37. The van der Waals surface area contributed by atoms with Gasteiger partial charge in [-0.05, 0) is 90.2 Å². The number of rotatable bonds is 3. The molecule has 3 heteroatoms. The van der Waals surface area contributed by atoms with Crippen LogP contribution in [-0.4, -0.2) is 5.11 Å². The zero-order chi connectivity index (χ0) is 21.2. The quantitative estimate of drug-likeness (QED) is 0.430. The average molecular weight is 449 g/mol. The van der Waals surface area contributed by atoms with Crippen molar-refractivity contribution in [1.29, 1.82) is 0 Å². The molecule has 3 aromatic rings. The maximum atomic E-state index is 12.6. The zero-order valence-corrected chi connectivity index (χ0v) is 18.9. The van der Waals surface area contributed by atoms with E-state index in [0.717, 1.165) is 65.3 Å². The molecule has 4 bridgehead atoms. The van der Waals surface area contributed by atoms with E-state index in [-0.39, 0.29) is 0 Å². The van der Waals surface area contributed by atoms with E-state index < -0.39 is 5.60 Å². The molecule has 1 N–H and O–H groups in total. The van der Waals surface area contributed by atoms with Crippen LogP contribution in [0, 0.1) is 23.7 Å². The van der Waals surface area contributed by atoms with Gasteiger partial charge in [0.1, 0.15) is 0 Å². The van der Waals surface area contributed by atoms with Crippen molar-refractivity contribution in [2.75, 3.05) is 0 Å². The van der Waals surface area contributed by atoms with Crippen LogP contribution in [0.2, 0.25) is 10.0 Å². The molecule has 0 saturated heterocycles. The summed E-state index contributed by atoms with van der Waals surface area (Å²) in [6.45, 7) is 0. The Hall–Kier alpha value is -1.80. The lowest BCUT2D eigenvalue weighted by molar-refractivity contribution is -0.178. The number of benzene rings is 3. The van der Waals surface area contributed by atoms with E-state index in [9.17, 15) is 5.11 Å². The first kappa shape index (κ1) is 19.9. The maximum absolute atomic E-state index is 12.6. The van der Waals surface area contributed by atoms with Crippen molar-refractivity contribution in [3.05, 3.63) is 82.3 Å².